The van der Waals surface area contributed by atoms with Gasteiger partial charge in [-0.3, -0.25) is 14.4 Å². The number of rotatable bonds is 5. The maximum absolute atomic E-state index is 13.8. The van der Waals surface area contributed by atoms with Crippen molar-refractivity contribution < 1.29 is 24.2 Å². The van der Waals surface area contributed by atoms with Gasteiger partial charge in [-0.1, -0.05) is 19.1 Å². The van der Waals surface area contributed by atoms with Gasteiger partial charge in [-0.2, -0.15) is 0 Å². The number of anilines is 1. The molecule has 3 aliphatic rings. The van der Waals surface area contributed by atoms with E-state index < -0.39 is 35.1 Å². The Kier molecular flexibility index (Phi) is 5.37. The van der Waals surface area contributed by atoms with Crippen LogP contribution in [0.5, 0.6) is 0 Å². The van der Waals surface area contributed by atoms with Gasteiger partial charge in [0.2, 0.25) is 17.7 Å². The van der Waals surface area contributed by atoms with Gasteiger partial charge in [-0.25, -0.2) is 0 Å². The van der Waals surface area contributed by atoms with Gasteiger partial charge in [0, 0.05) is 12.7 Å². The highest BCUT2D eigenvalue weighted by atomic mass is 16.5. The minimum absolute atomic E-state index is 0.0192. The number of carbonyl (C=O) groups excluding carboxylic acids is 3. The first kappa shape index (κ1) is 22.7. The number of hydrogen-bond donors (Lipinski definition) is 3. The summed E-state index contributed by atoms with van der Waals surface area (Å²) in [6, 6.07) is 4.26. The number of hydrogen-bond acceptors (Lipinski definition) is 5. The van der Waals surface area contributed by atoms with E-state index in [1.807, 2.05) is 45.9 Å². The van der Waals surface area contributed by atoms with E-state index in [4.69, 9.17) is 4.74 Å². The predicted molar refractivity (Wildman–Crippen MR) is 119 cm³/mol. The Morgan fingerprint density at radius 2 is 2.00 bits per heavy atom. The fraction of sp³-hybridized carbons (Fsp3) is 0.625. The van der Waals surface area contributed by atoms with Crippen LogP contribution in [0, 0.1) is 31.6 Å². The van der Waals surface area contributed by atoms with E-state index in [-0.39, 0.29) is 30.2 Å². The standard InChI is InChI=1S/C24H33N3O5/c1-12-7-8-13(2)16(9-12)26-21(30)19-24-10-14(3)23(5,32-24)17(20(29)25-6)18(24)22(31)27(19)15(4)11-28/h7-9,14-15,17-19,28H,10-11H2,1-6H3,(H,25,29)(H,26,30)/t14?,15-,17-,18+,19?,23+,24?/m1/s1. The summed E-state index contributed by atoms with van der Waals surface area (Å²) >= 11 is 0. The van der Waals surface area contributed by atoms with Crippen molar-refractivity contribution in [2.75, 3.05) is 19.0 Å². The molecule has 2 bridgehead atoms. The summed E-state index contributed by atoms with van der Waals surface area (Å²) in [5.41, 5.74) is 0.627. The average Bonchev–Trinajstić information content (AvgIpc) is 3.26. The Morgan fingerprint density at radius 3 is 2.62 bits per heavy atom. The molecule has 0 radical (unpaired) electrons. The molecule has 3 aliphatic heterocycles. The number of nitrogens with zero attached hydrogens (tertiary/aromatic N) is 1. The third kappa shape index (κ3) is 2.92. The van der Waals surface area contributed by atoms with Crippen LogP contribution in [0.25, 0.3) is 0 Å². The average molecular weight is 444 g/mol. The van der Waals surface area contributed by atoms with Crippen LogP contribution in [-0.4, -0.2) is 64.7 Å². The largest absolute Gasteiger partial charge is 0.394 e. The predicted octanol–water partition coefficient (Wildman–Crippen LogP) is 1.38. The van der Waals surface area contributed by atoms with E-state index >= 15 is 0 Å². The van der Waals surface area contributed by atoms with Crippen LogP contribution in [0.15, 0.2) is 18.2 Å². The van der Waals surface area contributed by atoms with Crippen LogP contribution in [0.3, 0.4) is 0 Å². The number of benzene rings is 1. The molecule has 7 atom stereocenters. The normalized spacial score (nSPS) is 36.2. The second kappa shape index (κ2) is 7.56. The maximum atomic E-state index is 13.8. The van der Waals surface area contributed by atoms with Crippen LogP contribution < -0.4 is 10.6 Å². The SMILES string of the molecule is CNC(=O)[C@H]1[C@H]2C(=O)N([C@H](C)CO)C(C(=O)Nc3cc(C)ccc3C)C23CC(C)[C@]1(C)O3. The number of carbonyl (C=O) groups is 3. The molecule has 3 amide bonds. The Labute approximate surface area is 188 Å². The number of aliphatic hydroxyl groups is 1. The maximum Gasteiger partial charge on any atom is 0.250 e. The number of aliphatic hydroxyl groups excluding tert-OH is 1. The molecule has 3 saturated heterocycles. The van der Waals surface area contributed by atoms with Crippen molar-refractivity contribution in [1.29, 1.82) is 0 Å². The first-order chi connectivity index (χ1) is 15.0. The summed E-state index contributed by atoms with van der Waals surface area (Å²) in [6.07, 6.45) is 0.493. The zero-order valence-corrected chi connectivity index (χ0v) is 19.6. The second-order valence-electron chi connectivity index (χ2n) is 9.90. The van der Waals surface area contributed by atoms with Crippen LogP contribution in [0.2, 0.25) is 0 Å². The summed E-state index contributed by atoms with van der Waals surface area (Å²) in [7, 11) is 1.55. The Balaban J connectivity index is 1.81. The fourth-order valence-electron chi connectivity index (χ4n) is 6.17. The van der Waals surface area contributed by atoms with Gasteiger partial charge >= 0.3 is 0 Å². The number of fused-ring (bicyclic) bond motifs is 1. The van der Waals surface area contributed by atoms with E-state index in [9.17, 15) is 19.5 Å². The third-order valence-corrected chi connectivity index (χ3v) is 7.92. The lowest BCUT2D eigenvalue weighted by molar-refractivity contribution is -0.148. The van der Waals surface area contributed by atoms with Crippen LogP contribution in [-0.2, 0) is 19.1 Å². The second-order valence-corrected chi connectivity index (χ2v) is 9.90. The van der Waals surface area contributed by atoms with Gasteiger partial charge in [0.25, 0.3) is 0 Å². The topological polar surface area (TPSA) is 108 Å². The summed E-state index contributed by atoms with van der Waals surface area (Å²) in [5, 5.41) is 15.6. The monoisotopic (exact) mass is 443 g/mol. The highest BCUT2D eigenvalue weighted by Crippen LogP contribution is 2.65. The first-order valence-corrected chi connectivity index (χ1v) is 11.2. The van der Waals surface area contributed by atoms with E-state index in [1.54, 1.807) is 14.0 Å². The number of nitrogens with one attached hydrogen (secondary N) is 2. The molecule has 3 fully saturated rings. The fourth-order valence-corrected chi connectivity index (χ4v) is 6.17. The zero-order chi connectivity index (χ0) is 23.6. The summed E-state index contributed by atoms with van der Waals surface area (Å²) in [5.74, 6) is -2.41. The first-order valence-electron chi connectivity index (χ1n) is 11.2. The smallest absolute Gasteiger partial charge is 0.250 e. The molecule has 4 rings (SSSR count). The van der Waals surface area contributed by atoms with E-state index in [0.717, 1.165) is 11.1 Å². The Bertz CT molecular complexity index is 980. The van der Waals surface area contributed by atoms with Crippen LogP contribution >= 0.6 is 0 Å². The van der Waals surface area contributed by atoms with Crippen molar-refractivity contribution in [2.24, 2.45) is 17.8 Å². The highest BCUT2D eigenvalue weighted by Gasteiger charge is 2.80. The van der Waals surface area contributed by atoms with E-state index in [2.05, 4.69) is 10.6 Å². The van der Waals surface area contributed by atoms with Crippen molar-refractivity contribution in [3.05, 3.63) is 29.3 Å². The van der Waals surface area contributed by atoms with Gasteiger partial charge in [0.1, 0.15) is 11.6 Å². The number of amides is 3. The number of likely N-dealkylation sites (tertiary alicyclic amines) is 1. The quantitative estimate of drug-likeness (QED) is 0.637. The summed E-state index contributed by atoms with van der Waals surface area (Å²) < 4.78 is 6.57. The molecule has 32 heavy (non-hydrogen) atoms. The van der Waals surface area contributed by atoms with Crippen molar-refractivity contribution >= 4 is 23.4 Å². The molecule has 0 saturated carbocycles. The van der Waals surface area contributed by atoms with Gasteiger partial charge in [0.15, 0.2) is 0 Å². The molecular weight excluding hydrogens is 410 g/mol. The molecule has 1 aromatic carbocycles. The number of aryl methyl sites for hydroxylation is 2. The lowest BCUT2D eigenvalue weighted by Gasteiger charge is -2.36. The highest BCUT2D eigenvalue weighted by molar-refractivity contribution is 6.04. The molecule has 0 aromatic heterocycles. The molecule has 0 aliphatic carbocycles. The lowest BCUT2D eigenvalue weighted by Crippen LogP contribution is -2.56. The van der Waals surface area contributed by atoms with E-state index in [0.29, 0.717) is 12.1 Å². The van der Waals surface area contributed by atoms with Gasteiger partial charge in [-0.15, -0.1) is 0 Å². The molecule has 8 nitrogen and oxygen atoms in total. The molecule has 174 valence electrons. The van der Waals surface area contributed by atoms with Crippen LogP contribution in [0.1, 0.15) is 38.3 Å². The molecule has 1 aromatic rings. The Morgan fingerprint density at radius 1 is 1.31 bits per heavy atom. The Hall–Kier alpha value is -2.45. The minimum atomic E-state index is -1.12. The van der Waals surface area contributed by atoms with Crippen molar-refractivity contribution in [3.8, 4) is 0 Å². The summed E-state index contributed by atoms with van der Waals surface area (Å²) in [6.45, 7) is 9.15. The van der Waals surface area contributed by atoms with Crippen molar-refractivity contribution in [1.82, 2.24) is 10.2 Å². The van der Waals surface area contributed by atoms with Crippen molar-refractivity contribution in [3.63, 3.8) is 0 Å². The van der Waals surface area contributed by atoms with Crippen molar-refractivity contribution in [2.45, 2.75) is 64.3 Å². The third-order valence-electron chi connectivity index (χ3n) is 7.92. The molecular formula is C24H33N3O5. The molecule has 8 heteroatoms. The molecule has 3 N–H and O–H groups in total. The lowest BCUT2D eigenvalue weighted by atomic mass is 9.62. The van der Waals surface area contributed by atoms with Gasteiger partial charge in [0.05, 0.1) is 30.1 Å². The number of ether oxygens (including phenoxy) is 1. The van der Waals surface area contributed by atoms with Crippen LogP contribution in [0.4, 0.5) is 5.69 Å². The zero-order valence-electron chi connectivity index (χ0n) is 19.6. The van der Waals surface area contributed by atoms with Gasteiger partial charge in [-0.05, 0) is 57.2 Å². The minimum Gasteiger partial charge on any atom is -0.394 e. The molecule has 1 spiro atoms. The summed E-state index contributed by atoms with van der Waals surface area (Å²) in [4.78, 5) is 41.9. The molecule has 3 heterocycles. The molecule has 3 unspecified atom stereocenters. The van der Waals surface area contributed by atoms with Gasteiger partial charge < -0.3 is 25.4 Å². The van der Waals surface area contributed by atoms with E-state index in [1.165, 1.54) is 4.90 Å².